The number of rotatable bonds is 4. The van der Waals surface area contributed by atoms with Crippen molar-refractivity contribution in [3.63, 3.8) is 0 Å². The van der Waals surface area contributed by atoms with E-state index in [1.807, 2.05) is 30.3 Å². The summed E-state index contributed by atoms with van der Waals surface area (Å²) in [6.45, 7) is 7.34. The van der Waals surface area contributed by atoms with Gasteiger partial charge in [0, 0.05) is 34.0 Å². The first-order valence-corrected chi connectivity index (χ1v) is 13.4. The van der Waals surface area contributed by atoms with Crippen LogP contribution in [0.5, 0.6) is 0 Å². The molecule has 0 unspecified atom stereocenters. The number of fused-ring (bicyclic) bond motifs is 1. The lowest BCUT2D eigenvalue weighted by Crippen LogP contribution is -2.54. The molecule has 1 aromatic rings. The largest absolute Gasteiger partial charge is 0.469 e. The van der Waals surface area contributed by atoms with Crippen LogP contribution in [0.4, 0.5) is 0 Å². The zero-order valence-corrected chi connectivity index (χ0v) is 21.5. The van der Waals surface area contributed by atoms with Crippen LogP contribution in [0.3, 0.4) is 0 Å². The minimum absolute atomic E-state index is 0.109. The van der Waals surface area contributed by atoms with Gasteiger partial charge in [-0.1, -0.05) is 24.8 Å². The quantitative estimate of drug-likeness (QED) is 0.342. The first-order valence-electron chi connectivity index (χ1n) is 12.5. The van der Waals surface area contributed by atoms with Gasteiger partial charge in [0.25, 0.3) is 0 Å². The molecule has 1 aliphatic heterocycles. The van der Waals surface area contributed by atoms with Crippen molar-refractivity contribution in [2.45, 2.75) is 67.3 Å². The van der Waals surface area contributed by atoms with Gasteiger partial charge in [-0.3, -0.25) is 19.2 Å². The molecule has 0 N–H and O–H groups in total. The van der Waals surface area contributed by atoms with Crippen molar-refractivity contribution in [3.05, 3.63) is 42.5 Å². The number of esters is 3. The fourth-order valence-corrected chi connectivity index (χ4v) is 10.2. The summed E-state index contributed by atoms with van der Waals surface area (Å²) in [6.07, 6.45) is 1.94. The number of thioether (sulfide) groups is 1. The van der Waals surface area contributed by atoms with E-state index in [0.29, 0.717) is 37.7 Å². The summed E-state index contributed by atoms with van der Waals surface area (Å²) < 4.78 is 16.7. The van der Waals surface area contributed by atoms with Crippen LogP contribution in [-0.2, 0) is 33.4 Å². The van der Waals surface area contributed by atoms with Crippen molar-refractivity contribution in [1.82, 2.24) is 0 Å². The van der Waals surface area contributed by atoms with Crippen molar-refractivity contribution in [2.24, 2.45) is 28.6 Å². The molecule has 4 bridgehead atoms. The summed E-state index contributed by atoms with van der Waals surface area (Å²) in [4.78, 5) is 54.4. The molecule has 190 valence electrons. The molecule has 0 amide bonds. The van der Waals surface area contributed by atoms with E-state index in [4.69, 9.17) is 14.2 Å². The topological polar surface area (TPSA) is 96.0 Å². The highest BCUT2D eigenvalue weighted by Gasteiger charge is 2.87. The molecule has 0 aromatic heterocycles. The highest BCUT2D eigenvalue weighted by atomic mass is 32.2. The average molecular weight is 511 g/mol. The molecule has 1 aromatic carbocycles. The lowest BCUT2D eigenvalue weighted by molar-refractivity contribution is -0.171. The molecular formula is C28H30O7S. The van der Waals surface area contributed by atoms with Gasteiger partial charge in [0.1, 0.15) is 17.1 Å². The third kappa shape index (κ3) is 2.61. The monoisotopic (exact) mass is 510 g/mol. The number of benzene rings is 1. The maximum atomic E-state index is 14.3. The molecule has 4 saturated carbocycles. The lowest BCUT2D eigenvalue weighted by Gasteiger charge is -2.46. The highest BCUT2D eigenvalue weighted by Crippen LogP contribution is 2.79. The average Bonchev–Trinajstić information content (AvgIpc) is 3.27. The second-order valence-electron chi connectivity index (χ2n) is 11.3. The Kier molecular flexibility index (Phi) is 4.93. The molecule has 0 radical (unpaired) electrons. The number of carbonyl (C=O) groups excluding carboxylic acids is 4. The maximum absolute atomic E-state index is 14.3. The Bertz CT molecular complexity index is 1210. The first-order chi connectivity index (χ1) is 17.1. The van der Waals surface area contributed by atoms with E-state index in [1.165, 1.54) is 14.0 Å². The van der Waals surface area contributed by atoms with E-state index < -0.39 is 57.0 Å². The highest BCUT2D eigenvalue weighted by molar-refractivity contribution is 8.01. The second kappa shape index (κ2) is 7.46. The number of ketones is 1. The van der Waals surface area contributed by atoms with Gasteiger partial charge in [-0.15, -0.1) is 11.8 Å². The van der Waals surface area contributed by atoms with Crippen LogP contribution >= 0.6 is 11.8 Å². The smallest absolute Gasteiger partial charge is 0.316 e. The summed E-state index contributed by atoms with van der Waals surface area (Å²) >= 11 is 1.64. The lowest BCUT2D eigenvalue weighted by atomic mass is 9.58. The maximum Gasteiger partial charge on any atom is 0.316 e. The van der Waals surface area contributed by atoms with E-state index in [0.717, 1.165) is 4.90 Å². The molecule has 1 spiro atoms. The normalized spacial score (nSPS) is 44.0. The van der Waals surface area contributed by atoms with Gasteiger partial charge < -0.3 is 14.2 Å². The Morgan fingerprint density at radius 3 is 2.53 bits per heavy atom. The minimum atomic E-state index is -1.24. The molecule has 8 heteroatoms. The summed E-state index contributed by atoms with van der Waals surface area (Å²) in [6, 6.07) is 9.93. The van der Waals surface area contributed by atoms with Crippen LogP contribution in [-0.4, -0.2) is 47.3 Å². The van der Waals surface area contributed by atoms with E-state index in [9.17, 15) is 19.2 Å². The summed E-state index contributed by atoms with van der Waals surface area (Å²) in [5.41, 5.74) is -2.74. The second-order valence-corrected chi connectivity index (χ2v) is 12.7. The Morgan fingerprint density at radius 1 is 1.14 bits per heavy atom. The van der Waals surface area contributed by atoms with Crippen molar-refractivity contribution >= 4 is 35.5 Å². The van der Waals surface area contributed by atoms with Crippen LogP contribution in [0.25, 0.3) is 0 Å². The number of Topliss-reactive ketones (excluding diaryl/α,β-unsaturated/α-hetero) is 1. The Hall–Kier alpha value is -2.61. The number of carbonyl (C=O) groups is 4. The van der Waals surface area contributed by atoms with Crippen LogP contribution in [0.1, 0.15) is 46.0 Å². The Morgan fingerprint density at radius 2 is 1.86 bits per heavy atom. The number of hydrogen-bond acceptors (Lipinski definition) is 8. The molecular weight excluding hydrogens is 480 g/mol. The van der Waals surface area contributed by atoms with E-state index >= 15 is 0 Å². The van der Waals surface area contributed by atoms with Gasteiger partial charge in [0.15, 0.2) is 5.78 Å². The number of hydrogen-bond donors (Lipinski definition) is 0. The SMILES string of the molecule is C=C1C(=O)[C@]23C[C@@]1(Sc1ccccc1)CC[C@H]2[C@@]12CC[C@H](OC(C)=O)[C@@](C)(C(=O)O1)[C@H]2[C@@H]3C(=O)OC. The molecule has 5 aliphatic rings. The fraction of sp³-hybridized carbons (Fsp3) is 0.571. The molecule has 6 rings (SSSR count). The molecule has 1 saturated heterocycles. The summed E-state index contributed by atoms with van der Waals surface area (Å²) in [5.74, 6) is -3.39. The molecule has 8 atom stereocenters. The molecule has 36 heavy (non-hydrogen) atoms. The van der Waals surface area contributed by atoms with Gasteiger partial charge in [0.2, 0.25) is 0 Å². The van der Waals surface area contributed by atoms with Gasteiger partial charge in [-0.25, -0.2) is 0 Å². The van der Waals surface area contributed by atoms with Gasteiger partial charge in [-0.2, -0.15) is 0 Å². The van der Waals surface area contributed by atoms with Crippen molar-refractivity contribution in [2.75, 3.05) is 7.11 Å². The summed E-state index contributed by atoms with van der Waals surface area (Å²) in [7, 11) is 1.32. The number of methoxy groups -OCH3 is 1. The van der Waals surface area contributed by atoms with Gasteiger partial charge in [0.05, 0.1) is 18.4 Å². The van der Waals surface area contributed by atoms with Crippen molar-refractivity contribution < 1.29 is 33.4 Å². The van der Waals surface area contributed by atoms with E-state index in [2.05, 4.69) is 6.58 Å². The zero-order valence-electron chi connectivity index (χ0n) is 20.7. The third-order valence-corrected chi connectivity index (χ3v) is 11.4. The Labute approximate surface area is 214 Å². The van der Waals surface area contributed by atoms with Gasteiger partial charge >= 0.3 is 17.9 Å². The van der Waals surface area contributed by atoms with Crippen LogP contribution in [0, 0.1) is 28.6 Å². The van der Waals surface area contributed by atoms with Gasteiger partial charge in [-0.05, 0) is 51.2 Å². The standard InChI is InChI=1S/C28H30O7S/c1-15-22(30)27-14-26(15,36-17-8-6-5-7-9-17)12-10-18(27)28-13-11-19(34-16(2)29)25(3,24(32)35-28)21(28)20(27)23(31)33-4/h5-9,18-21H,1,10-14H2,2-4H3/t18-,19+,20-,21-,25-,26+,27-,28-/m1/s1. The molecule has 5 fully saturated rings. The molecule has 4 aliphatic carbocycles. The predicted molar refractivity (Wildman–Crippen MR) is 130 cm³/mol. The predicted octanol–water partition coefficient (Wildman–Crippen LogP) is 3.89. The number of ether oxygens (including phenoxy) is 3. The summed E-state index contributed by atoms with van der Waals surface area (Å²) in [5, 5.41) is 0. The van der Waals surface area contributed by atoms with Crippen LogP contribution < -0.4 is 0 Å². The van der Waals surface area contributed by atoms with Crippen LogP contribution in [0.15, 0.2) is 47.4 Å². The van der Waals surface area contributed by atoms with Crippen LogP contribution in [0.2, 0.25) is 0 Å². The zero-order chi connectivity index (χ0) is 25.7. The molecule has 7 nitrogen and oxygen atoms in total. The van der Waals surface area contributed by atoms with Crippen molar-refractivity contribution in [1.29, 1.82) is 0 Å². The minimum Gasteiger partial charge on any atom is -0.469 e. The first kappa shape index (κ1) is 23.8. The van der Waals surface area contributed by atoms with E-state index in [1.54, 1.807) is 18.7 Å². The fourth-order valence-electron chi connectivity index (χ4n) is 8.73. The molecule has 1 heterocycles. The van der Waals surface area contributed by atoms with E-state index in [-0.39, 0.29) is 11.7 Å². The Balaban J connectivity index is 1.52. The third-order valence-electron chi connectivity index (χ3n) is 9.94. The van der Waals surface area contributed by atoms with Crippen molar-refractivity contribution in [3.8, 4) is 0 Å².